The quantitative estimate of drug-likeness (QED) is 0.633. The summed E-state index contributed by atoms with van der Waals surface area (Å²) in [6.45, 7) is 4.64. The third kappa shape index (κ3) is 3.88. The molecule has 166 valence electrons. The lowest BCUT2D eigenvalue weighted by Gasteiger charge is -2.37. The minimum atomic E-state index is -4.45. The van der Waals surface area contributed by atoms with E-state index in [1.807, 2.05) is 6.92 Å². The summed E-state index contributed by atoms with van der Waals surface area (Å²) in [4.78, 5) is 11.2. The Morgan fingerprint density at radius 1 is 1.23 bits per heavy atom. The molecule has 0 spiro atoms. The Labute approximate surface area is 180 Å². The average molecular weight is 453 g/mol. The smallest absolute Gasteiger partial charge is 0.425 e. The van der Waals surface area contributed by atoms with Crippen molar-refractivity contribution in [3.63, 3.8) is 0 Å². The van der Waals surface area contributed by atoms with Crippen molar-refractivity contribution < 1.29 is 17.9 Å². The predicted octanol–water partition coefficient (Wildman–Crippen LogP) is 3.55. The zero-order valence-corrected chi connectivity index (χ0v) is 17.8. The maximum absolute atomic E-state index is 12.9. The summed E-state index contributed by atoms with van der Waals surface area (Å²) in [5.41, 5.74) is 0.259. The van der Waals surface area contributed by atoms with Crippen LogP contribution >= 0.6 is 11.5 Å². The fourth-order valence-corrected chi connectivity index (χ4v) is 5.16. The van der Waals surface area contributed by atoms with E-state index in [1.54, 1.807) is 12.3 Å². The number of halogens is 3. The van der Waals surface area contributed by atoms with Gasteiger partial charge in [0.15, 0.2) is 17.5 Å². The molecular weight excluding hydrogens is 431 g/mol. The van der Waals surface area contributed by atoms with Gasteiger partial charge in [-0.1, -0.05) is 0 Å². The number of ether oxygens (including phenoxy) is 1. The molecule has 8 nitrogen and oxygen atoms in total. The van der Waals surface area contributed by atoms with Crippen molar-refractivity contribution in [1.82, 2.24) is 24.0 Å². The molecule has 4 heterocycles. The van der Waals surface area contributed by atoms with E-state index < -0.39 is 12.3 Å². The highest BCUT2D eigenvalue weighted by Crippen LogP contribution is 2.40. The molecule has 3 aromatic heterocycles. The second kappa shape index (κ2) is 7.50. The van der Waals surface area contributed by atoms with Crippen LogP contribution in [0.5, 0.6) is 5.75 Å². The van der Waals surface area contributed by atoms with Crippen LogP contribution in [-0.4, -0.2) is 55.4 Å². The Hall–Kier alpha value is -2.63. The van der Waals surface area contributed by atoms with Crippen LogP contribution in [0, 0.1) is 18.8 Å². The fourth-order valence-electron chi connectivity index (χ4n) is 4.47. The van der Waals surface area contributed by atoms with Crippen LogP contribution in [0.1, 0.15) is 25.6 Å². The topological polar surface area (TPSA) is 80.5 Å². The third-order valence-corrected chi connectivity index (χ3v) is 6.88. The zero-order valence-electron chi connectivity index (χ0n) is 17.0. The van der Waals surface area contributed by atoms with Crippen LogP contribution in [0.15, 0.2) is 18.3 Å². The van der Waals surface area contributed by atoms with E-state index in [9.17, 15) is 13.2 Å². The van der Waals surface area contributed by atoms with Gasteiger partial charge in [0.25, 0.3) is 0 Å². The largest absolute Gasteiger partial charge is 0.477 e. The monoisotopic (exact) mass is 453 g/mol. The van der Waals surface area contributed by atoms with E-state index in [0.717, 1.165) is 43.8 Å². The van der Waals surface area contributed by atoms with Gasteiger partial charge in [0.2, 0.25) is 11.1 Å². The number of piperidine rings is 1. The standard InChI is InChI=1S/C19H22F3N7OS/c1-10(19(20,21)22)30-14-4-3-7-29-16(14)25-17(26-29)24-15-12-5-6-13(15)9-28(8-12)18-23-11(2)27-31-18/h3-4,7,10,12-13,15H,5-6,8-9H2,1-2H3,(H,24,26). The molecule has 2 aliphatic rings. The van der Waals surface area contributed by atoms with Crippen molar-refractivity contribution in [3.05, 3.63) is 24.2 Å². The lowest BCUT2D eigenvalue weighted by atomic mass is 9.92. The summed E-state index contributed by atoms with van der Waals surface area (Å²) in [6, 6.07) is 3.28. The van der Waals surface area contributed by atoms with Crippen molar-refractivity contribution in [2.45, 2.75) is 45.0 Å². The Bertz CT molecular complexity index is 1070. The number of anilines is 2. The van der Waals surface area contributed by atoms with E-state index in [0.29, 0.717) is 17.8 Å². The van der Waals surface area contributed by atoms with Gasteiger partial charge in [-0.15, -0.1) is 5.10 Å². The van der Waals surface area contributed by atoms with Gasteiger partial charge < -0.3 is 15.0 Å². The first-order valence-corrected chi connectivity index (χ1v) is 11.0. The number of rotatable bonds is 5. The van der Waals surface area contributed by atoms with Crippen molar-refractivity contribution in [3.8, 4) is 5.75 Å². The van der Waals surface area contributed by atoms with Crippen LogP contribution in [0.25, 0.3) is 5.65 Å². The zero-order chi connectivity index (χ0) is 21.8. The second-order valence-corrected chi connectivity index (χ2v) is 8.90. The molecule has 0 aromatic carbocycles. The van der Waals surface area contributed by atoms with Gasteiger partial charge in [-0.05, 0) is 50.7 Å². The molecule has 2 fully saturated rings. The molecule has 1 aliphatic carbocycles. The second-order valence-electron chi connectivity index (χ2n) is 8.17. The summed E-state index contributed by atoms with van der Waals surface area (Å²) < 4.78 is 49.6. The molecule has 5 rings (SSSR count). The maximum atomic E-state index is 12.9. The number of aryl methyl sites for hydroxylation is 1. The predicted molar refractivity (Wildman–Crippen MR) is 110 cm³/mol. The molecule has 31 heavy (non-hydrogen) atoms. The first kappa shape index (κ1) is 20.3. The number of alkyl halides is 3. The minimum Gasteiger partial charge on any atom is -0.477 e. The highest BCUT2D eigenvalue weighted by atomic mass is 32.1. The summed E-state index contributed by atoms with van der Waals surface area (Å²) in [5.74, 6) is 2.07. The Morgan fingerprint density at radius 2 is 1.97 bits per heavy atom. The normalized spacial score (nSPS) is 24.5. The number of fused-ring (bicyclic) bond motifs is 3. The minimum absolute atomic E-state index is 0.0531. The number of hydrogen-bond donors (Lipinski definition) is 1. The molecule has 1 saturated carbocycles. The number of nitrogens with zero attached hydrogens (tertiary/aromatic N) is 6. The summed E-state index contributed by atoms with van der Waals surface area (Å²) in [5, 5.41) is 8.81. The molecular formula is C19H22F3N7OS. The van der Waals surface area contributed by atoms with Gasteiger partial charge in [0.1, 0.15) is 5.82 Å². The molecule has 3 unspecified atom stereocenters. The van der Waals surface area contributed by atoms with Crippen LogP contribution in [0.4, 0.5) is 24.3 Å². The molecule has 0 radical (unpaired) electrons. The van der Waals surface area contributed by atoms with Gasteiger partial charge in [-0.25, -0.2) is 9.50 Å². The molecule has 1 saturated heterocycles. The highest BCUT2D eigenvalue weighted by Gasteiger charge is 2.43. The fraction of sp³-hybridized carbons (Fsp3) is 0.579. The van der Waals surface area contributed by atoms with Crippen LogP contribution in [-0.2, 0) is 0 Å². The molecule has 3 aromatic rings. The number of pyridine rings is 1. The van der Waals surface area contributed by atoms with Crippen molar-refractivity contribution >= 4 is 28.3 Å². The lowest BCUT2D eigenvalue weighted by Crippen LogP contribution is -2.48. The maximum Gasteiger partial charge on any atom is 0.425 e. The number of hydrogen-bond acceptors (Lipinski definition) is 8. The first-order valence-electron chi connectivity index (χ1n) is 10.2. The van der Waals surface area contributed by atoms with E-state index in [4.69, 9.17) is 4.74 Å². The lowest BCUT2D eigenvalue weighted by molar-refractivity contribution is -0.189. The van der Waals surface area contributed by atoms with Crippen LogP contribution < -0.4 is 15.0 Å². The van der Waals surface area contributed by atoms with Gasteiger partial charge >= 0.3 is 6.18 Å². The number of nitrogens with one attached hydrogen (secondary N) is 1. The highest BCUT2D eigenvalue weighted by molar-refractivity contribution is 7.09. The van der Waals surface area contributed by atoms with E-state index in [2.05, 4.69) is 29.7 Å². The summed E-state index contributed by atoms with van der Waals surface area (Å²) in [6.07, 6.45) is -2.54. The van der Waals surface area contributed by atoms with Crippen LogP contribution in [0.2, 0.25) is 0 Å². The molecule has 12 heteroatoms. The molecule has 3 atom stereocenters. The Balaban J connectivity index is 1.33. The first-order chi connectivity index (χ1) is 14.8. The average Bonchev–Trinajstić information content (AvgIpc) is 3.38. The van der Waals surface area contributed by atoms with Crippen molar-refractivity contribution in [1.29, 1.82) is 0 Å². The summed E-state index contributed by atoms with van der Waals surface area (Å²) >= 11 is 1.43. The van der Waals surface area contributed by atoms with Gasteiger partial charge in [0.05, 0.1) is 0 Å². The summed E-state index contributed by atoms with van der Waals surface area (Å²) in [7, 11) is 0. The van der Waals surface area contributed by atoms with Crippen molar-refractivity contribution in [2.24, 2.45) is 11.8 Å². The third-order valence-electron chi connectivity index (χ3n) is 6.01. The van der Waals surface area contributed by atoms with Gasteiger partial charge in [0, 0.05) is 36.9 Å². The SMILES string of the molecule is Cc1nsc(N2CC3CCC(C2)C3Nc2nc3c(OC(C)C(F)(F)F)cccn3n2)n1. The van der Waals surface area contributed by atoms with Gasteiger partial charge in [-0.3, -0.25) is 0 Å². The number of aromatic nitrogens is 5. The molecule has 2 bridgehead atoms. The van der Waals surface area contributed by atoms with E-state index in [-0.39, 0.29) is 17.4 Å². The Kier molecular flexibility index (Phi) is 4.91. The van der Waals surface area contributed by atoms with Gasteiger partial charge in [-0.2, -0.15) is 22.5 Å². The molecule has 1 aliphatic heterocycles. The molecule has 0 amide bonds. The van der Waals surface area contributed by atoms with E-state index in [1.165, 1.54) is 22.1 Å². The van der Waals surface area contributed by atoms with E-state index >= 15 is 0 Å². The Morgan fingerprint density at radius 3 is 2.61 bits per heavy atom. The molecule has 1 N–H and O–H groups in total. The van der Waals surface area contributed by atoms with Crippen LogP contribution in [0.3, 0.4) is 0 Å². The van der Waals surface area contributed by atoms with Crippen molar-refractivity contribution in [2.75, 3.05) is 23.3 Å².